The van der Waals surface area contributed by atoms with Crippen LogP contribution in [0.2, 0.25) is 0 Å². The molecule has 0 fully saturated rings. The number of amides is 1. The number of nitrogens with zero attached hydrogens (tertiary/aromatic N) is 1. The van der Waals surface area contributed by atoms with Crippen molar-refractivity contribution in [1.82, 2.24) is 4.31 Å². The third-order valence-corrected chi connectivity index (χ3v) is 5.21. The Hall–Kier alpha value is -2.67. The van der Waals surface area contributed by atoms with Gasteiger partial charge in [0.05, 0.1) is 18.1 Å². The first-order valence-corrected chi connectivity index (χ1v) is 7.81. The minimum absolute atomic E-state index is 0.00800. The summed E-state index contributed by atoms with van der Waals surface area (Å²) in [6, 6.07) is 11.5. The molecule has 1 amide bonds. The van der Waals surface area contributed by atoms with Gasteiger partial charge in [-0.1, -0.05) is 36.4 Å². The van der Waals surface area contributed by atoms with Crippen molar-refractivity contribution >= 4 is 21.9 Å². The van der Waals surface area contributed by atoms with Gasteiger partial charge in [-0.2, -0.15) is 0 Å². The SMILES string of the molecule is O=C([O-])c1ccc(CN2C(=O)c3ccccc3S2(=O)=O)cc1. The Bertz CT molecular complexity index is 871. The van der Waals surface area contributed by atoms with E-state index in [9.17, 15) is 23.1 Å². The zero-order valence-corrected chi connectivity index (χ0v) is 12.0. The average molecular weight is 316 g/mol. The second-order valence-corrected chi connectivity index (χ2v) is 6.63. The highest BCUT2D eigenvalue weighted by atomic mass is 32.2. The van der Waals surface area contributed by atoms with Gasteiger partial charge in [0.2, 0.25) is 0 Å². The Kier molecular flexibility index (Phi) is 3.22. The van der Waals surface area contributed by atoms with Crippen molar-refractivity contribution in [1.29, 1.82) is 0 Å². The van der Waals surface area contributed by atoms with Crippen molar-refractivity contribution in [2.24, 2.45) is 0 Å². The summed E-state index contributed by atoms with van der Waals surface area (Å²) in [7, 11) is -3.87. The molecule has 0 radical (unpaired) electrons. The average Bonchev–Trinajstić information content (AvgIpc) is 2.69. The Morgan fingerprint density at radius 2 is 1.68 bits per heavy atom. The highest BCUT2D eigenvalue weighted by Gasteiger charge is 2.40. The monoisotopic (exact) mass is 316 g/mol. The van der Waals surface area contributed by atoms with E-state index < -0.39 is 21.9 Å². The number of hydrogen-bond donors (Lipinski definition) is 0. The minimum Gasteiger partial charge on any atom is -0.545 e. The van der Waals surface area contributed by atoms with Crippen LogP contribution in [0.15, 0.2) is 53.4 Å². The van der Waals surface area contributed by atoms with E-state index >= 15 is 0 Å². The van der Waals surface area contributed by atoms with Crippen molar-refractivity contribution in [3.8, 4) is 0 Å². The molecule has 0 spiro atoms. The summed E-state index contributed by atoms with van der Waals surface area (Å²) < 4.78 is 25.5. The molecule has 0 aliphatic carbocycles. The van der Waals surface area contributed by atoms with Crippen molar-refractivity contribution in [3.63, 3.8) is 0 Å². The van der Waals surface area contributed by atoms with Gasteiger partial charge in [0.25, 0.3) is 15.9 Å². The maximum atomic E-state index is 12.4. The molecule has 7 heteroatoms. The molecule has 1 aliphatic rings. The van der Waals surface area contributed by atoms with Crippen molar-refractivity contribution in [3.05, 3.63) is 65.2 Å². The Labute approximate surface area is 126 Å². The highest BCUT2D eigenvalue weighted by molar-refractivity contribution is 7.90. The van der Waals surface area contributed by atoms with E-state index in [0.29, 0.717) is 5.56 Å². The van der Waals surface area contributed by atoms with E-state index in [1.165, 1.54) is 36.4 Å². The van der Waals surface area contributed by atoms with E-state index in [2.05, 4.69) is 0 Å². The lowest BCUT2D eigenvalue weighted by Gasteiger charge is -2.15. The number of rotatable bonds is 3. The first-order chi connectivity index (χ1) is 10.4. The van der Waals surface area contributed by atoms with Crippen LogP contribution in [0.25, 0.3) is 0 Å². The second kappa shape index (κ2) is 4.96. The fourth-order valence-corrected chi connectivity index (χ4v) is 3.86. The van der Waals surface area contributed by atoms with E-state index in [-0.39, 0.29) is 22.6 Å². The number of carbonyl (C=O) groups is 2. The summed E-state index contributed by atoms with van der Waals surface area (Å²) in [5.74, 6) is -1.90. The topological polar surface area (TPSA) is 94.6 Å². The van der Waals surface area contributed by atoms with E-state index in [1.807, 2.05) is 0 Å². The fraction of sp³-hybridized carbons (Fsp3) is 0.0667. The highest BCUT2D eigenvalue weighted by Crippen LogP contribution is 2.31. The number of hydrogen-bond acceptors (Lipinski definition) is 5. The molecule has 6 nitrogen and oxygen atoms in total. The molecule has 0 bridgehead atoms. The summed E-state index contributed by atoms with van der Waals surface area (Å²) in [6.07, 6.45) is 0. The molecule has 1 aliphatic heterocycles. The van der Waals surface area contributed by atoms with Crippen LogP contribution in [0.5, 0.6) is 0 Å². The summed E-state index contributed by atoms with van der Waals surface area (Å²) in [4.78, 5) is 22.9. The first kappa shape index (κ1) is 14.3. The number of benzene rings is 2. The quantitative estimate of drug-likeness (QED) is 0.816. The zero-order valence-electron chi connectivity index (χ0n) is 11.2. The van der Waals surface area contributed by atoms with Crippen LogP contribution in [0, 0.1) is 0 Å². The standard InChI is InChI=1S/C15H11NO5S/c17-14-12-3-1-2-4-13(12)22(20,21)16(14)9-10-5-7-11(8-6-10)15(18)19/h1-8H,9H2,(H,18,19)/p-1. The van der Waals surface area contributed by atoms with Crippen molar-refractivity contribution < 1.29 is 23.1 Å². The lowest BCUT2D eigenvalue weighted by Crippen LogP contribution is -2.29. The summed E-state index contributed by atoms with van der Waals surface area (Å²) in [6.45, 7) is -0.150. The number of carbonyl (C=O) groups excluding carboxylic acids is 2. The molecule has 3 rings (SSSR count). The first-order valence-electron chi connectivity index (χ1n) is 6.37. The number of fused-ring (bicyclic) bond motifs is 1. The molecule has 2 aromatic carbocycles. The van der Waals surface area contributed by atoms with Crippen LogP contribution in [0.1, 0.15) is 26.3 Å². The maximum Gasteiger partial charge on any atom is 0.269 e. The molecule has 22 heavy (non-hydrogen) atoms. The largest absolute Gasteiger partial charge is 0.545 e. The molecule has 0 atom stereocenters. The molecule has 0 aromatic heterocycles. The molecule has 0 unspecified atom stereocenters. The van der Waals surface area contributed by atoms with Crippen LogP contribution >= 0.6 is 0 Å². The van der Waals surface area contributed by atoms with Crippen LogP contribution < -0.4 is 5.11 Å². The lowest BCUT2D eigenvalue weighted by atomic mass is 10.1. The predicted molar refractivity (Wildman–Crippen MR) is 74.3 cm³/mol. The summed E-state index contributed by atoms with van der Waals surface area (Å²) in [5, 5.41) is 10.7. The normalized spacial score (nSPS) is 15.6. The van der Waals surface area contributed by atoms with E-state index in [4.69, 9.17) is 0 Å². The third kappa shape index (κ3) is 2.15. The molecular formula is C15H10NO5S-. The van der Waals surface area contributed by atoms with Gasteiger partial charge >= 0.3 is 0 Å². The van der Waals surface area contributed by atoms with Crippen molar-refractivity contribution in [2.75, 3.05) is 0 Å². The van der Waals surface area contributed by atoms with Gasteiger partial charge in [-0.25, -0.2) is 12.7 Å². The van der Waals surface area contributed by atoms with Gasteiger partial charge in [0, 0.05) is 0 Å². The van der Waals surface area contributed by atoms with Crippen LogP contribution in [0.4, 0.5) is 0 Å². The van der Waals surface area contributed by atoms with Gasteiger partial charge in [-0.15, -0.1) is 0 Å². The number of sulfonamides is 1. The number of carboxylic acids is 1. The van der Waals surface area contributed by atoms with Gasteiger partial charge in [-0.3, -0.25) is 4.79 Å². The molecule has 0 saturated carbocycles. The van der Waals surface area contributed by atoms with E-state index in [0.717, 1.165) is 4.31 Å². The maximum absolute atomic E-state index is 12.4. The summed E-state index contributed by atoms with van der Waals surface area (Å²) in [5.41, 5.74) is 0.645. The second-order valence-electron chi connectivity index (χ2n) is 4.80. The van der Waals surface area contributed by atoms with Gasteiger partial charge in [0.15, 0.2) is 0 Å². The Morgan fingerprint density at radius 1 is 1.05 bits per heavy atom. The van der Waals surface area contributed by atoms with Gasteiger partial charge in [-0.05, 0) is 23.3 Å². The van der Waals surface area contributed by atoms with Gasteiger partial charge < -0.3 is 9.90 Å². The molecule has 2 aromatic rings. The lowest BCUT2D eigenvalue weighted by molar-refractivity contribution is -0.255. The summed E-state index contributed by atoms with van der Waals surface area (Å²) >= 11 is 0. The fourth-order valence-electron chi connectivity index (χ4n) is 2.30. The minimum atomic E-state index is -3.87. The van der Waals surface area contributed by atoms with Crippen LogP contribution in [-0.2, 0) is 16.6 Å². The number of aromatic carboxylic acids is 1. The molecule has 1 heterocycles. The van der Waals surface area contributed by atoms with Crippen LogP contribution in [0.3, 0.4) is 0 Å². The van der Waals surface area contributed by atoms with E-state index in [1.54, 1.807) is 12.1 Å². The molecule has 112 valence electrons. The Morgan fingerprint density at radius 3 is 2.27 bits per heavy atom. The smallest absolute Gasteiger partial charge is 0.269 e. The predicted octanol–water partition coefficient (Wildman–Crippen LogP) is 0.395. The Balaban J connectivity index is 1.94. The molecule has 0 saturated heterocycles. The molecular weight excluding hydrogens is 306 g/mol. The number of carboxylic acid groups (broad SMARTS) is 1. The zero-order chi connectivity index (χ0) is 15.9. The van der Waals surface area contributed by atoms with Gasteiger partial charge in [0.1, 0.15) is 4.90 Å². The van der Waals surface area contributed by atoms with Crippen LogP contribution in [-0.4, -0.2) is 24.6 Å². The molecule has 0 N–H and O–H groups in total. The third-order valence-electron chi connectivity index (χ3n) is 3.43. The van der Waals surface area contributed by atoms with Crippen molar-refractivity contribution in [2.45, 2.75) is 11.4 Å².